The molecule has 1 heterocycles. The molecule has 2 nitrogen and oxygen atoms in total. The number of rotatable bonds is 1. The maximum Gasteiger partial charge on any atom is 0.0400 e. The van der Waals surface area contributed by atoms with Gasteiger partial charge in [-0.3, -0.25) is 0 Å². The highest BCUT2D eigenvalue weighted by Gasteiger charge is 2.13. The third-order valence-corrected chi connectivity index (χ3v) is 1.89. The molecule has 0 aliphatic carbocycles. The topological polar surface area (TPSA) is 38.0 Å². The Morgan fingerprint density at radius 2 is 2.30 bits per heavy atom. The molecule has 0 amide bonds. The Balaban J connectivity index is 2.45. The first-order chi connectivity index (χ1) is 4.70. The maximum absolute atomic E-state index is 5.70. The van der Waals surface area contributed by atoms with E-state index < -0.39 is 0 Å². The molecule has 0 radical (unpaired) electrons. The molecule has 1 aliphatic heterocycles. The molecule has 3 unspecified atom stereocenters. The smallest absolute Gasteiger partial charge is 0.0400 e. The van der Waals surface area contributed by atoms with Crippen LogP contribution in [0.4, 0.5) is 0 Å². The minimum atomic E-state index is 0.226. The van der Waals surface area contributed by atoms with Gasteiger partial charge in [0, 0.05) is 18.6 Å². The largest absolute Gasteiger partial charge is 0.326 e. The number of hydrogen-bond acceptors (Lipinski definition) is 2. The van der Waals surface area contributed by atoms with E-state index in [2.05, 4.69) is 24.4 Å². The van der Waals surface area contributed by atoms with Crippen molar-refractivity contribution < 1.29 is 0 Å². The lowest BCUT2D eigenvalue weighted by molar-refractivity contribution is 0.462. The molecule has 2 heteroatoms. The van der Waals surface area contributed by atoms with E-state index in [0.29, 0.717) is 12.0 Å². The quantitative estimate of drug-likeness (QED) is 0.520. The minimum Gasteiger partial charge on any atom is -0.326 e. The minimum absolute atomic E-state index is 0.226. The van der Waals surface area contributed by atoms with Crippen molar-refractivity contribution in [3.05, 3.63) is 12.2 Å². The predicted octanol–water partition coefficient (Wildman–Crippen LogP) is 0.498. The second-order valence-corrected chi connectivity index (χ2v) is 3.16. The van der Waals surface area contributed by atoms with Crippen molar-refractivity contribution in [2.75, 3.05) is 6.54 Å². The molecule has 0 saturated heterocycles. The van der Waals surface area contributed by atoms with Crippen LogP contribution in [0.25, 0.3) is 0 Å². The highest BCUT2D eigenvalue weighted by Crippen LogP contribution is 2.05. The van der Waals surface area contributed by atoms with Crippen LogP contribution < -0.4 is 11.1 Å². The lowest BCUT2D eigenvalue weighted by Gasteiger charge is -2.24. The van der Waals surface area contributed by atoms with Gasteiger partial charge >= 0.3 is 0 Å². The molecule has 0 saturated carbocycles. The molecular weight excluding hydrogens is 124 g/mol. The van der Waals surface area contributed by atoms with Gasteiger partial charge in [0.1, 0.15) is 0 Å². The zero-order valence-corrected chi connectivity index (χ0v) is 6.67. The molecule has 3 N–H and O–H groups in total. The van der Waals surface area contributed by atoms with Crippen molar-refractivity contribution in [2.45, 2.75) is 25.9 Å². The molecule has 0 bridgehead atoms. The van der Waals surface area contributed by atoms with Gasteiger partial charge in [-0.2, -0.15) is 0 Å². The molecule has 3 atom stereocenters. The predicted molar refractivity (Wildman–Crippen MR) is 43.7 cm³/mol. The number of nitrogens with two attached hydrogens (primary N) is 1. The number of nitrogens with one attached hydrogen (secondary N) is 1. The van der Waals surface area contributed by atoms with Gasteiger partial charge in [-0.15, -0.1) is 0 Å². The van der Waals surface area contributed by atoms with Crippen molar-refractivity contribution in [1.29, 1.82) is 0 Å². The Labute approximate surface area is 62.5 Å². The van der Waals surface area contributed by atoms with Crippen molar-refractivity contribution >= 4 is 0 Å². The van der Waals surface area contributed by atoms with Gasteiger partial charge in [0.25, 0.3) is 0 Å². The molecule has 0 spiro atoms. The Bertz CT molecular complexity index is 129. The van der Waals surface area contributed by atoms with Crippen molar-refractivity contribution in [3.8, 4) is 0 Å². The van der Waals surface area contributed by atoms with Crippen LogP contribution in [0.1, 0.15) is 13.8 Å². The number of hydrogen-bond donors (Lipinski definition) is 2. The van der Waals surface area contributed by atoms with Crippen molar-refractivity contribution in [2.24, 2.45) is 11.7 Å². The molecule has 1 rings (SSSR count). The fourth-order valence-electron chi connectivity index (χ4n) is 1.13. The first-order valence-corrected chi connectivity index (χ1v) is 3.87. The standard InChI is InChI=1S/C8H16N2/c1-6-3-4-8(7(2)9)10-5-6/h3-4,6-8,10H,5,9H2,1-2H3. The molecule has 0 aromatic rings. The van der Waals surface area contributed by atoms with Crippen molar-refractivity contribution in [3.63, 3.8) is 0 Å². The van der Waals surface area contributed by atoms with Crippen molar-refractivity contribution in [1.82, 2.24) is 5.32 Å². The van der Waals surface area contributed by atoms with Crippen LogP contribution in [-0.4, -0.2) is 18.6 Å². The van der Waals surface area contributed by atoms with Gasteiger partial charge in [-0.1, -0.05) is 19.1 Å². The molecule has 10 heavy (non-hydrogen) atoms. The summed E-state index contributed by atoms with van der Waals surface area (Å²) in [6.07, 6.45) is 4.39. The molecule has 0 aromatic carbocycles. The Morgan fingerprint density at radius 1 is 1.60 bits per heavy atom. The first kappa shape index (κ1) is 7.76. The average molecular weight is 140 g/mol. The highest BCUT2D eigenvalue weighted by atomic mass is 15.0. The normalized spacial score (nSPS) is 35.9. The molecule has 58 valence electrons. The molecular formula is C8H16N2. The van der Waals surface area contributed by atoms with Gasteiger partial charge in [-0.05, 0) is 12.8 Å². The summed E-state index contributed by atoms with van der Waals surface area (Å²) in [6, 6.07) is 0.611. The van der Waals surface area contributed by atoms with Crippen LogP contribution in [0.2, 0.25) is 0 Å². The Morgan fingerprint density at radius 3 is 2.70 bits per heavy atom. The van der Waals surface area contributed by atoms with E-state index >= 15 is 0 Å². The van der Waals surface area contributed by atoms with Gasteiger partial charge in [0.05, 0.1) is 0 Å². The van der Waals surface area contributed by atoms with E-state index in [4.69, 9.17) is 5.73 Å². The fraction of sp³-hybridized carbons (Fsp3) is 0.750. The van der Waals surface area contributed by atoms with Crippen LogP contribution in [0.15, 0.2) is 12.2 Å². The second-order valence-electron chi connectivity index (χ2n) is 3.16. The summed E-state index contributed by atoms with van der Waals surface area (Å²) < 4.78 is 0. The summed E-state index contributed by atoms with van der Waals surface area (Å²) in [5.41, 5.74) is 5.70. The summed E-state index contributed by atoms with van der Waals surface area (Å²) in [5.74, 6) is 0.662. The van der Waals surface area contributed by atoms with Crippen LogP contribution in [0.5, 0.6) is 0 Å². The van der Waals surface area contributed by atoms with E-state index in [1.165, 1.54) is 0 Å². The monoisotopic (exact) mass is 140 g/mol. The Kier molecular flexibility index (Phi) is 2.46. The SMILES string of the molecule is CC1C=CC(C(C)N)NC1. The van der Waals surface area contributed by atoms with E-state index in [1.807, 2.05) is 6.92 Å². The van der Waals surface area contributed by atoms with Crippen LogP contribution in [-0.2, 0) is 0 Å². The molecule has 0 fully saturated rings. The summed E-state index contributed by atoms with van der Waals surface area (Å²) in [5, 5.41) is 3.36. The van der Waals surface area contributed by atoms with Gasteiger partial charge in [0.15, 0.2) is 0 Å². The zero-order valence-electron chi connectivity index (χ0n) is 6.67. The van der Waals surface area contributed by atoms with E-state index in [0.717, 1.165) is 6.54 Å². The van der Waals surface area contributed by atoms with E-state index in [-0.39, 0.29) is 6.04 Å². The molecule has 1 aliphatic rings. The second kappa shape index (κ2) is 3.17. The van der Waals surface area contributed by atoms with E-state index in [1.54, 1.807) is 0 Å². The summed E-state index contributed by atoms with van der Waals surface area (Å²) in [7, 11) is 0. The average Bonchev–Trinajstić information content (AvgIpc) is 1.88. The third kappa shape index (κ3) is 1.82. The lowest BCUT2D eigenvalue weighted by atomic mass is 10.0. The maximum atomic E-state index is 5.70. The lowest BCUT2D eigenvalue weighted by Crippen LogP contribution is -2.45. The van der Waals surface area contributed by atoms with Crippen LogP contribution >= 0.6 is 0 Å². The van der Waals surface area contributed by atoms with Gasteiger partial charge in [0.2, 0.25) is 0 Å². The highest BCUT2D eigenvalue weighted by molar-refractivity contribution is 5.03. The third-order valence-electron chi connectivity index (χ3n) is 1.89. The fourth-order valence-corrected chi connectivity index (χ4v) is 1.13. The summed E-state index contributed by atoms with van der Waals surface area (Å²) >= 11 is 0. The summed E-state index contributed by atoms with van der Waals surface area (Å²) in [4.78, 5) is 0. The van der Waals surface area contributed by atoms with Crippen LogP contribution in [0.3, 0.4) is 0 Å². The molecule has 0 aromatic heterocycles. The van der Waals surface area contributed by atoms with Gasteiger partial charge < -0.3 is 11.1 Å². The zero-order chi connectivity index (χ0) is 7.56. The first-order valence-electron chi connectivity index (χ1n) is 3.87. The summed E-state index contributed by atoms with van der Waals surface area (Å²) in [6.45, 7) is 5.28. The van der Waals surface area contributed by atoms with E-state index in [9.17, 15) is 0 Å². The Hall–Kier alpha value is -0.340. The van der Waals surface area contributed by atoms with Gasteiger partial charge in [-0.25, -0.2) is 0 Å². The van der Waals surface area contributed by atoms with Crippen LogP contribution in [0, 0.1) is 5.92 Å².